The summed E-state index contributed by atoms with van der Waals surface area (Å²) in [6.07, 6.45) is 0. The van der Waals surface area contributed by atoms with E-state index in [-0.39, 0.29) is 18.3 Å². The summed E-state index contributed by atoms with van der Waals surface area (Å²) in [7, 11) is 6.00. The van der Waals surface area contributed by atoms with E-state index >= 15 is 0 Å². The van der Waals surface area contributed by atoms with Crippen LogP contribution in [0.1, 0.15) is 11.6 Å². The number of carbonyl (C=O) groups is 2. The highest BCUT2D eigenvalue weighted by molar-refractivity contribution is 6.39. The third-order valence-corrected chi connectivity index (χ3v) is 5.61. The van der Waals surface area contributed by atoms with Crippen LogP contribution in [0.5, 0.6) is 0 Å². The average molecular weight is 446 g/mol. The molecule has 32 heavy (non-hydrogen) atoms. The van der Waals surface area contributed by atoms with E-state index in [0.717, 1.165) is 49.6 Å². The molecule has 0 aliphatic carbocycles. The smallest absolute Gasteiger partial charge is 0.313 e. The van der Waals surface area contributed by atoms with Gasteiger partial charge in [0.05, 0.1) is 11.7 Å². The predicted octanol–water partition coefficient (Wildman–Crippen LogP) is 2.07. The van der Waals surface area contributed by atoms with Crippen molar-refractivity contribution >= 4 is 23.2 Å². The molecule has 1 aliphatic heterocycles. The van der Waals surface area contributed by atoms with Gasteiger partial charge < -0.3 is 20.4 Å². The molecule has 0 bridgehead atoms. The van der Waals surface area contributed by atoms with Crippen molar-refractivity contribution in [3.63, 3.8) is 0 Å². The van der Waals surface area contributed by atoms with Crippen molar-refractivity contribution in [2.75, 3.05) is 64.1 Å². The fourth-order valence-electron chi connectivity index (χ4n) is 3.63. The fraction of sp³-hybridized carbons (Fsp3) is 0.391. The Morgan fingerprint density at radius 3 is 2.25 bits per heavy atom. The topological polar surface area (TPSA) is 67.9 Å². The zero-order valence-electron chi connectivity index (χ0n) is 18.6. The number of nitrogens with zero attached hydrogens (tertiary/aromatic N) is 3. The molecule has 0 saturated carbocycles. The number of nitrogens with one attached hydrogen (secondary N) is 2. The summed E-state index contributed by atoms with van der Waals surface area (Å²) in [4.78, 5) is 31.1. The maximum absolute atomic E-state index is 13.8. The summed E-state index contributed by atoms with van der Waals surface area (Å²) in [5.74, 6) is -3.59. The van der Waals surface area contributed by atoms with Crippen LogP contribution in [0.2, 0.25) is 0 Å². The zero-order chi connectivity index (χ0) is 23.3. The van der Waals surface area contributed by atoms with Crippen LogP contribution in [-0.2, 0) is 9.59 Å². The third kappa shape index (κ3) is 6.02. The third-order valence-electron chi connectivity index (χ3n) is 5.61. The predicted molar refractivity (Wildman–Crippen MR) is 121 cm³/mol. The molecule has 1 saturated heterocycles. The Labute approximate surface area is 187 Å². The number of benzene rings is 2. The zero-order valence-corrected chi connectivity index (χ0v) is 18.6. The van der Waals surface area contributed by atoms with Crippen LogP contribution in [0.4, 0.5) is 20.2 Å². The second-order valence-electron chi connectivity index (χ2n) is 8.13. The quantitative estimate of drug-likeness (QED) is 0.667. The van der Waals surface area contributed by atoms with Gasteiger partial charge in [0, 0.05) is 58.6 Å². The molecular formula is C23H29F2N5O2. The van der Waals surface area contributed by atoms with Gasteiger partial charge in [-0.1, -0.05) is 12.1 Å². The number of carbonyl (C=O) groups excluding carboxylic acids is 2. The van der Waals surface area contributed by atoms with E-state index < -0.39 is 23.4 Å². The second kappa shape index (κ2) is 10.5. The molecule has 1 heterocycles. The van der Waals surface area contributed by atoms with E-state index in [1.807, 2.05) is 43.3 Å². The van der Waals surface area contributed by atoms with Crippen molar-refractivity contribution in [3.05, 3.63) is 59.7 Å². The summed E-state index contributed by atoms with van der Waals surface area (Å²) in [5.41, 5.74) is 1.85. The van der Waals surface area contributed by atoms with Gasteiger partial charge in [0.25, 0.3) is 0 Å². The Morgan fingerprint density at radius 2 is 1.66 bits per heavy atom. The Morgan fingerprint density at radius 1 is 1.00 bits per heavy atom. The lowest BCUT2D eigenvalue weighted by Gasteiger charge is -2.38. The van der Waals surface area contributed by atoms with E-state index in [0.29, 0.717) is 6.07 Å². The highest BCUT2D eigenvalue weighted by Crippen LogP contribution is 2.24. The second-order valence-corrected chi connectivity index (χ2v) is 8.13. The van der Waals surface area contributed by atoms with Crippen molar-refractivity contribution < 1.29 is 18.4 Å². The lowest BCUT2D eigenvalue weighted by Crippen LogP contribution is -2.49. The standard InChI is InChI=1S/C23H29F2N5O2/c1-28(2)18-7-4-16(5-8-18)21(30-12-10-29(3)11-13-30)15-26-22(31)23(32)27-20-9-6-17(24)14-19(20)25/h4-9,14,21H,10-13,15H2,1-3H3,(H,26,31)(H,27,32)/t21-/m1/s1. The summed E-state index contributed by atoms with van der Waals surface area (Å²) >= 11 is 0. The minimum absolute atomic E-state index is 0.112. The van der Waals surface area contributed by atoms with Crippen LogP contribution in [0.25, 0.3) is 0 Å². The molecule has 2 amide bonds. The molecule has 0 radical (unpaired) electrons. The first-order valence-corrected chi connectivity index (χ1v) is 10.5. The highest BCUT2D eigenvalue weighted by atomic mass is 19.1. The molecule has 2 N–H and O–H groups in total. The lowest BCUT2D eigenvalue weighted by atomic mass is 10.0. The van der Waals surface area contributed by atoms with E-state index in [1.54, 1.807) is 0 Å². The van der Waals surface area contributed by atoms with Crippen LogP contribution in [-0.4, -0.2) is 75.5 Å². The SMILES string of the molecule is CN1CCN([C@H](CNC(=O)C(=O)Nc2ccc(F)cc2F)c2ccc(N(C)C)cc2)CC1. The van der Waals surface area contributed by atoms with Gasteiger partial charge in [-0.25, -0.2) is 8.78 Å². The van der Waals surface area contributed by atoms with Crippen molar-refractivity contribution in [1.29, 1.82) is 0 Å². The maximum Gasteiger partial charge on any atom is 0.313 e. The molecule has 2 aromatic rings. The monoisotopic (exact) mass is 445 g/mol. The molecule has 172 valence electrons. The summed E-state index contributed by atoms with van der Waals surface area (Å²) in [6.45, 7) is 3.71. The first-order chi connectivity index (χ1) is 15.2. The number of amides is 2. The van der Waals surface area contributed by atoms with E-state index in [9.17, 15) is 18.4 Å². The van der Waals surface area contributed by atoms with Crippen molar-refractivity contribution in [3.8, 4) is 0 Å². The summed E-state index contributed by atoms with van der Waals surface area (Å²) in [5, 5.41) is 4.85. The number of hydrogen-bond acceptors (Lipinski definition) is 5. The average Bonchev–Trinajstić information content (AvgIpc) is 2.77. The summed E-state index contributed by atoms with van der Waals surface area (Å²) < 4.78 is 26.8. The number of anilines is 2. The van der Waals surface area contributed by atoms with E-state index in [1.165, 1.54) is 0 Å². The molecule has 0 aromatic heterocycles. The Bertz CT molecular complexity index is 944. The van der Waals surface area contributed by atoms with Gasteiger partial charge in [-0.05, 0) is 36.9 Å². The Hall–Kier alpha value is -3.04. The first kappa shape index (κ1) is 23.6. The molecular weight excluding hydrogens is 416 g/mol. The molecule has 1 atom stereocenters. The number of halogens is 2. The van der Waals surface area contributed by atoms with Crippen molar-refractivity contribution in [1.82, 2.24) is 15.1 Å². The van der Waals surface area contributed by atoms with Gasteiger partial charge in [-0.3, -0.25) is 14.5 Å². The first-order valence-electron chi connectivity index (χ1n) is 10.5. The fourth-order valence-corrected chi connectivity index (χ4v) is 3.63. The van der Waals surface area contributed by atoms with E-state index in [4.69, 9.17) is 0 Å². The number of rotatable bonds is 6. The molecule has 7 nitrogen and oxygen atoms in total. The Balaban J connectivity index is 1.68. The molecule has 1 aliphatic rings. The van der Waals surface area contributed by atoms with Crippen LogP contribution < -0.4 is 15.5 Å². The van der Waals surface area contributed by atoms with Crippen LogP contribution in [0.3, 0.4) is 0 Å². The summed E-state index contributed by atoms with van der Waals surface area (Å²) in [6, 6.07) is 10.7. The normalized spacial score (nSPS) is 15.8. The van der Waals surface area contributed by atoms with Crippen molar-refractivity contribution in [2.24, 2.45) is 0 Å². The number of piperazine rings is 1. The van der Waals surface area contributed by atoms with Crippen molar-refractivity contribution in [2.45, 2.75) is 6.04 Å². The van der Waals surface area contributed by atoms with Gasteiger partial charge in [-0.2, -0.15) is 0 Å². The van der Waals surface area contributed by atoms with Gasteiger partial charge in [0.1, 0.15) is 11.6 Å². The molecule has 9 heteroatoms. The number of hydrogen-bond donors (Lipinski definition) is 2. The van der Waals surface area contributed by atoms with Gasteiger partial charge >= 0.3 is 11.8 Å². The van der Waals surface area contributed by atoms with Gasteiger partial charge in [0.15, 0.2) is 0 Å². The molecule has 3 rings (SSSR count). The lowest BCUT2D eigenvalue weighted by molar-refractivity contribution is -0.136. The molecule has 0 spiro atoms. The largest absolute Gasteiger partial charge is 0.378 e. The molecule has 2 aromatic carbocycles. The van der Waals surface area contributed by atoms with Gasteiger partial charge in [-0.15, -0.1) is 0 Å². The minimum Gasteiger partial charge on any atom is -0.378 e. The van der Waals surface area contributed by atoms with Crippen LogP contribution in [0, 0.1) is 11.6 Å². The van der Waals surface area contributed by atoms with E-state index in [2.05, 4.69) is 27.5 Å². The molecule has 0 unspecified atom stereocenters. The Kier molecular flexibility index (Phi) is 7.76. The maximum atomic E-state index is 13.8. The highest BCUT2D eigenvalue weighted by Gasteiger charge is 2.26. The van der Waals surface area contributed by atoms with Gasteiger partial charge in [0.2, 0.25) is 0 Å². The number of likely N-dealkylation sites (N-methyl/N-ethyl adjacent to an activating group) is 1. The van der Waals surface area contributed by atoms with Crippen LogP contribution in [0.15, 0.2) is 42.5 Å². The minimum atomic E-state index is -1.00. The molecule has 1 fully saturated rings. The van der Waals surface area contributed by atoms with Crippen LogP contribution >= 0.6 is 0 Å².